The molecule has 1 aliphatic heterocycles. The van der Waals surface area contributed by atoms with Crippen molar-refractivity contribution in [1.82, 2.24) is 4.90 Å². The minimum atomic E-state index is -4.75. The molecule has 1 aromatic rings. The molecule has 0 bridgehead atoms. The molecular formula is C13H14F3NO3. The first-order valence-electron chi connectivity index (χ1n) is 6.07. The first-order chi connectivity index (χ1) is 9.29. The molecule has 20 heavy (non-hydrogen) atoms. The fourth-order valence-electron chi connectivity index (χ4n) is 2.34. The number of rotatable bonds is 3. The van der Waals surface area contributed by atoms with Gasteiger partial charge in [-0.3, -0.25) is 9.69 Å². The van der Waals surface area contributed by atoms with E-state index in [-0.39, 0.29) is 13.0 Å². The van der Waals surface area contributed by atoms with E-state index in [1.165, 1.54) is 0 Å². The standard InChI is InChI=1S/C13H14F3NO3/c14-13(15,16)11(18)7-17-6-9-4-2-1-3-8(9)5-10(17)12(19)20/h1-4,10-11,18H,5-7H2,(H,19,20)/t10-,11?/m0/s1. The zero-order valence-corrected chi connectivity index (χ0v) is 10.5. The Kier molecular flexibility index (Phi) is 4.01. The van der Waals surface area contributed by atoms with Crippen LogP contribution in [0.4, 0.5) is 13.2 Å². The van der Waals surface area contributed by atoms with Crippen molar-refractivity contribution in [2.45, 2.75) is 31.3 Å². The third-order valence-corrected chi connectivity index (χ3v) is 3.42. The van der Waals surface area contributed by atoms with Crippen molar-refractivity contribution >= 4 is 5.97 Å². The number of aliphatic hydroxyl groups is 1. The van der Waals surface area contributed by atoms with Gasteiger partial charge >= 0.3 is 12.1 Å². The van der Waals surface area contributed by atoms with E-state index >= 15 is 0 Å². The summed E-state index contributed by atoms with van der Waals surface area (Å²) < 4.78 is 37.2. The maximum atomic E-state index is 12.4. The van der Waals surface area contributed by atoms with E-state index in [2.05, 4.69) is 0 Å². The molecule has 0 saturated heterocycles. The van der Waals surface area contributed by atoms with Crippen LogP contribution < -0.4 is 0 Å². The van der Waals surface area contributed by atoms with Gasteiger partial charge in [0.1, 0.15) is 6.04 Å². The van der Waals surface area contributed by atoms with Crippen LogP contribution in [-0.2, 0) is 17.8 Å². The highest BCUT2D eigenvalue weighted by Crippen LogP contribution is 2.27. The van der Waals surface area contributed by atoms with Crippen LogP contribution in [0.5, 0.6) is 0 Å². The molecule has 0 spiro atoms. The van der Waals surface area contributed by atoms with Crippen LogP contribution in [0, 0.1) is 0 Å². The summed E-state index contributed by atoms with van der Waals surface area (Å²) >= 11 is 0. The summed E-state index contributed by atoms with van der Waals surface area (Å²) in [6, 6.07) is 5.97. The lowest BCUT2D eigenvalue weighted by atomic mass is 9.93. The van der Waals surface area contributed by atoms with Crippen molar-refractivity contribution < 1.29 is 28.2 Å². The molecule has 4 nitrogen and oxygen atoms in total. The van der Waals surface area contributed by atoms with Crippen molar-refractivity contribution in [3.05, 3.63) is 35.4 Å². The fourth-order valence-corrected chi connectivity index (χ4v) is 2.34. The van der Waals surface area contributed by atoms with E-state index in [1.54, 1.807) is 24.3 Å². The molecule has 1 aromatic carbocycles. The quantitative estimate of drug-likeness (QED) is 0.883. The molecule has 0 aromatic heterocycles. The van der Waals surface area contributed by atoms with Crippen LogP contribution in [0.3, 0.4) is 0 Å². The van der Waals surface area contributed by atoms with Crippen molar-refractivity contribution in [2.24, 2.45) is 0 Å². The molecule has 0 radical (unpaired) electrons. The highest BCUT2D eigenvalue weighted by Gasteiger charge is 2.42. The van der Waals surface area contributed by atoms with Gasteiger partial charge in [0.25, 0.3) is 0 Å². The Morgan fingerprint density at radius 2 is 1.95 bits per heavy atom. The van der Waals surface area contributed by atoms with Gasteiger partial charge in [-0.25, -0.2) is 0 Å². The summed E-state index contributed by atoms with van der Waals surface area (Å²) in [4.78, 5) is 12.4. The number of carboxylic acids is 1. The summed E-state index contributed by atoms with van der Waals surface area (Å²) in [5, 5.41) is 18.3. The minimum Gasteiger partial charge on any atom is -0.480 e. The second kappa shape index (κ2) is 5.41. The second-order valence-corrected chi connectivity index (χ2v) is 4.81. The normalized spacial score (nSPS) is 21.3. The molecule has 2 atom stereocenters. The molecule has 110 valence electrons. The Balaban J connectivity index is 2.20. The molecular weight excluding hydrogens is 275 g/mol. The number of β-amino-alcohol motifs (C(OH)–C–C–N with tert-alkyl or cyclic N) is 1. The summed E-state index contributed by atoms with van der Waals surface area (Å²) in [6.45, 7) is -0.658. The Bertz CT molecular complexity index is 504. The number of nitrogens with zero attached hydrogens (tertiary/aromatic N) is 1. The number of benzene rings is 1. The summed E-state index contributed by atoms with van der Waals surface area (Å²) in [7, 11) is 0. The van der Waals surface area contributed by atoms with Gasteiger partial charge in [-0.2, -0.15) is 13.2 Å². The molecule has 0 saturated carbocycles. The lowest BCUT2D eigenvalue weighted by molar-refractivity contribution is -0.210. The zero-order chi connectivity index (χ0) is 14.9. The molecule has 2 N–H and O–H groups in total. The second-order valence-electron chi connectivity index (χ2n) is 4.81. The number of hydrogen-bond donors (Lipinski definition) is 2. The SMILES string of the molecule is O=C(O)[C@@H]1Cc2ccccc2CN1CC(O)C(F)(F)F. The van der Waals surface area contributed by atoms with E-state index in [0.29, 0.717) is 0 Å². The van der Waals surface area contributed by atoms with E-state index in [9.17, 15) is 18.0 Å². The molecule has 7 heteroatoms. The van der Waals surface area contributed by atoms with Crippen LogP contribution in [0.15, 0.2) is 24.3 Å². The molecule has 0 fully saturated rings. The lowest BCUT2D eigenvalue weighted by Gasteiger charge is -2.35. The molecule has 1 unspecified atom stereocenters. The maximum Gasteiger partial charge on any atom is 0.415 e. The predicted octanol–water partition coefficient (Wildman–Crippen LogP) is 1.42. The van der Waals surface area contributed by atoms with Gasteiger partial charge in [0.05, 0.1) is 0 Å². The van der Waals surface area contributed by atoms with Crippen molar-refractivity contribution in [3.8, 4) is 0 Å². The van der Waals surface area contributed by atoms with Gasteiger partial charge in [-0.1, -0.05) is 24.3 Å². The highest BCUT2D eigenvalue weighted by atomic mass is 19.4. The van der Waals surface area contributed by atoms with E-state index in [4.69, 9.17) is 10.2 Å². The van der Waals surface area contributed by atoms with Gasteiger partial charge < -0.3 is 10.2 Å². The van der Waals surface area contributed by atoms with Crippen LogP contribution in [-0.4, -0.2) is 45.9 Å². The summed E-state index contributed by atoms with van der Waals surface area (Å²) in [5.74, 6) is -1.19. The Morgan fingerprint density at radius 3 is 2.50 bits per heavy atom. The monoisotopic (exact) mass is 289 g/mol. The van der Waals surface area contributed by atoms with Crippen LogP contribution in [0.25, 0.3) is 0 Å². The first-order valence-corrected chi connectivity index (χ1v) is 6.07. The Morgan fingerprint density at radius 1 is 1.35 bits per heavy atom. The zero-order valence-electron chi connectivity index (χ0n) is 10.5. The number of aliphatic hydroxyl groups excluding tert-OH is 1. The van der Waals surface area contributed by atoms with Crippen LogP contribution in [0.1, 0.15) is 11.1 Å². The van der Waals surface area contributed by atoms with Gasteiger partial charge in [-0.05, 0) is 17.5 Å². The predicted molar refractivity (Wildman–Crippen MR) is 64.0 cm³/mol. The number of carboxylic acid groups (broad SMARTS) is 1. The fraction of sp³-hybridized carbons (Fsp3) is 0.462. The summed E-state index contributed by atoms with van der Waals surface area (Å²) in [6.07, 6.45) is -7.16. The van der Waals surface area contributed by atoms with E-state index < -0.39 is 30.8 Å². The average molecular weight is 289 g/mol. The maximum absolute atomic E-state index is 12.4. The molecule has 0 amide bonds. The number of carbonyl (C=O) groups is 1. The number of aliphatic carboxylic acids is 1. The number of fused-ring (bicyclic) bond motifs is 1. The minimum absolute atomic E-state index is 0.0836. The number of halogens is 3. The number of hydrogen-bond acceptors (Lipinski definition) is 3. The largest absolute Gasteiger partial charge is 0.480 e. The topological polar surface area (TPSA) is 60.8 Å². The average Bonchev–Trinajstić information content (AvgIpc) is 2.36. The van der Waals surface area contributed by atoms with Crippen molar-refractivity contribution in [1.29, 1.82) is 0 Å². The van der Waals surface area contributed by atoms with Gasteiger partial charge in [-0.15, -0.1) is 0 Å². The van der Waals surface area contributed by atoms with Gasteiger partial charge in [0.15, 0.2) is 6.10 Å². The molecule has 0 aliphatic carbocycles. The molecule has 1 aliphatic rings. The van der Waals surface area contributed by atoms with Gasteiger partial charge in [0, 0.05) is 13.1 Å². The molecule has 2 rings (SSSR count). The van der Waals surface area contributed by atoms with Crippen molar-refractivity contribution in [2.75, 3.05) is 6.54 Å². The Labute approximate surface area is 113 Å². The first kappa shape index (κ1) is 14.8. The van der Waals surface area contributed by atoms with E-state index in [0.717, 1.165) is 16.0 Å². The van der Waals surface area contributed by atoms with E-state index in [1.807, 2.05) is 0 Å². The van der Waals surface area contributed by atoms with Gasteiger partial charge in [0.2, 0.25) is 0 Å². The molecule has 1 heterocycles. The Hall–Kier alpha value is -1.60. The van der Waals surface area contributed by atoms with Crippen molar-refractivity contribution in [3.63, 3.8) is 0 Å². The lowest BCUT2D eigenvalue weighted by Crippen LogP contribution is -2.51. The summed E-state index contributed by atoms with van der Waals surface area (Å²) in [5.41, 5.74) is 1.61. The smallest absolute Gasteiger partial charge is 0.415 e. The van der Waals surface area contributed by atoms with Crippen LogP contribution in [0.2, 0.25) is 0 Å². The highest BCUT2D eigenvalue weighted by molar-refractivity contribution is 5.74. The third kappa shape index (κ3) is 3.10. The third-order valence-electron chi connectivity index (χ3n) is 3.42. The van der Waals surface area contributed by atoms with Crippen LogP contribution >= 0.6 is 0 Å². The number of alkyl halides is 3.